The van der Waals surface area contributed by atoms with Gasteiger partial charge in [0, 0.05) is 11.8 Å². The van der Waals surface area contributed by atoms with Crippen molar-refractivity contribution in [1.29, 1.82) is 0 Å². The summed E-state index contributed by atoms with van der Waals surface area (Å²) >= 11 is 0. The number of hydrogen-bond acceptors (Lipinski definition) is 0. The van der Waals surface area contributed by atoms with E-state index in [4.69, 9.17) is 0 Å². The minimum Gasteiger partial charge on any atom is -0.0952 e. The van der Waals surface area contributed by atoms with Crippen molar-refractivity contribution in [3.63, 3.8) is 0 Å². The molecule has 0 saturated carbocycles. The fourth-order valence-corrected chi connectivity index (χ4v) is 2.80. The van der Waals surface area contributed by atoms with Crippen LogP contribution in [-0.4, -0.2) is 0 Å². The van der Waals surface area contributed by atoms with Crippen molar-refractivity contribution in [2.45, 2.75) is 12.8 Å². The Morgan fingerprint density at radius 2 is 1.70 bits per heavy atom. The summed E-state index contributed by atoms with van der Waals surface area (Å²) in [5.74, 6) is 1.04. The number of benzene rings is 1. The third-order valence-corrected chi connectivity index (χ3v) is 4.06. The zero-order valence-electron chi connectivity index (χ0n) is 11.7. The van der Waals surface area contributed by atoms with Gasteiger partial charge < -0.3 is 0 Å². The normalized spacial score (nSPS) is 23.3. The molecule has 0 bridgehead atoms. The van der Waals surface area contributed by atoms with Crippen LogP contribution in [0.1, 0.15) is 12.0 Å². The van der Waals surface area contributed by atoms with Crippen LogP contribution < -0.4 is 0 Å². The molecule has 0 aliphatic heterocycles. The quantitative estimate of drug-likeness (QED) is 0.712. The van der Waals surface area contributed by atoms with Gasteiger partial charge in [0.25, 0.3) is 0 Å². The van der Waals surface area contributed by atoms with Crippen molar-refractivity contribution in [2.75, 3.05) is 0 Å². The van der Waals surface area contributed by atoms with Gasteiger partial charge in [0.2, 0.25) is 0 Å². The van der Waals surface area contributed by atoms with E-state index in [1.807, 2.05) is 0 Å². The number of allylic oxidation sites excluding steroid dienone is 9. The average Bonchev–Trinajstić information content (AvgIpc) is 2.53. The van der Waals surface area contributed by atoms with Crippen LogP contribution in [0.25, 0.3) is 0 Å². The van der Waals surface area contributed by atoms with Crippen molar-refractivity contribution < 1.29 is 0 Å². The molecule has 0 nitrogen and oxygen atoms in total. The van der Waals surface area contributed by atoms with E-state index in [-0.39, 0.29) is 0 Å². The molecule has 0 fully saturated rings. The van der Waals surface area contributed by atoms with Crippen LogP contribution in [0.2, 0.25) is 0 Å². The fraction of sp³-hybridized carbons (Fsp3) is 0.200. The molecule has 100 valence electrons. The second-order valence-electron chi connectivity index (χ2n) is 5.49. The first-order valence-corrected chi connectivity index (χ1v) is 7.30. The fourth-order valence-electron chi connectivity index (χ4n) is 2.80. The standard InChI is InChI=1S/C20H20/c1-16(11-12-17-7-3-2-4-8-17)19-14-13-18-9-5-6-10-20(18)15-19/h2-10,13-15,18,20H,1,11-12H2. The van der Waals surface area contributed by atoms with Crippen molar-refractivity contribution >= 4 is 0 Å². The monoisotopic (exact) mass is 260 g/mol. The third kappa shape index (κ3) is 2.91. The average molecular weight is 260 g/mol. The molecular formula is C20H20. The first-order chi connectivity index (χ1) is 9.83. The van der Waals surface area contributed by atoms with Gasteiger partial charge in [0.15, 0.2) is 0 Å². The van der Waals surface area contributed by atoms with Gasteiger partial charge in [-0.15, -0.1) is 0 Å². The molecule has 20 heavy (non-hydrogen) atoms. The first-order valence-electron chi connectivity index (χ1n) is 7.30. The van der Waals surface area contributed by atoms with E-state index in [0.29, 0.717) is 11.8 Å². The molecule has 0 heteroatoms. The Morgan fingerprint density at radius 3 is 2.50 bits per heavy atom. The lowest BCUT2D eigenvalue weighted by Crippen LogP contribution is -2.12. The zero-order valence-corrected chi connectivity index (χ0v) is 11.7. The molecule has 1 aromatic carbocycles. The van der Waals surface area contributed by atoms with Gasteiger partial charge in [0.05, 0.1) is 0 Å². The van der Waals surface area contributed by atoms with Gasteiger partial charge in [0.1, 0.15) is 0 Å². The topological polar surface area (TPSA) is 0 Å². The van der Waals surface area contributed by atoms with Crippen LogP contribution in [0.5, 0.6) is 0 Å². The molecule has 0 radical (unpaired) electrons. The van der Waals surface area contributed by atoms with E-state index in [1.54, 1.807) is 0 Å². The maximum Gasteiger partial charge on any atom is 0.00565 e. The molecule has 1 aromatic rings. The molecule has 2 aliphatic rings. The summed E-state index contributed by atoms with van der Waals surface area (Å²) in [4.78, 5) is 0. The summed E-state index contributed by atoms with van der Waals surface area (Å²) in [6.45, 7) is 4.27. The lowest BCUT2D eigenvalue weighted by Gasteiger charge is -2.23. The van der Waals surface area contributed by atoms with E-state index in [9.17, 15) is 0 Å². The van der Waals surface area contributed by atoms with Crippen LogP contribution in [0.4, 0.5) is 0 Å². The van der Waals surface area contributed by atoms with Crippen molar-refractivity contribution in [1.82, 2.24) is 0 Å². The lowest BCUT2D eigenvalue weighted by molar-refractivity contribution is 0.654. The molecule has 2 aliphatic carbocycles. The Kier molecular flexibility index (Phi) is 3.83. The van der Waals surface area contributed by atoms with E-state index in [1.165, 1.54) is 16.7 Å². The van der Waals surface area contributed by atoms with Gasteiger partial charge in [-0.1, -0.05) is 79.4 Å². The molecular weight excluding hydrogens is 240 g/mol. The summed E-state index contributed by atoms with van der Waals surface area (Å²) in [5.41, 5.74) is 3.93. The van der Waals surface area contributed by atoms with Gasteiger partial charge in [-0.05, 0) is 29.6 Å². The van der Waals surface area contributed by atoms with Crippen molar-refractivity contribution in [2.24, 2.45) is 11.8 Å². The van der Waals surface area contributed by atoms with E-state index >= 15 is 0 Å². The van der Waals surface area contributed by atoms with Gasteiger partial charge in [-0.2, -0.15) is 0 Å². The maximum atomic E-state index is 4.27. The minimum absolute atomic E-state index is 0.508. The van der Waals surface area contributed by atoms with Crippen LogP contribution in [0.3, 0.4) is 0 Å². The Bertz CT molecular complexity index is 596. The van der Waals surface area contributed by atoms with Gasteiger partial charge >= 0.3 is 0 Å². The zero-order chi connectivity index (χ0) is 13.8. The first kappa shape index (κ1) is 12.9. The lowest BCUT2D eigenvalue weighted by atomic mass is 9.81. The summed E-state index contributed by atoms with van der Waals surface area (Å²) in [7, 11) is 0. The largest absolute Gasteiger partial charge is 0.0952 e. The smallest absolute Gasteiger partial charge is 0.00565 e. The molecule has 0 spiro atoms. The second kappa shape index (κ2) is 5.92. The summed E-state index contributed by atoms with van der Waals surface area (Å²) in [6.07, 6.45) is 17.8. The van der Waals surface area contributed by atoms with E-state index in [0.717, 1.165) is 12.8 Å². The van der Waals surface area contributed by atoms with E-state index in [2.05, 4.69) is 79.4 Å². The molecule has 0 N–H and O–H groups in total. The third-order valence-electron chi connectivity index (χ3n) is 4.06. The summed E-state index contributed by atoms with van der Waals surface area (Å²) in [5, 5.41) is 0. The molecule has 0 saturated heterocycles. The maximum absolute atomic E-state index is 4.27. The van der Waals surface area contributed by atoms with Crippen LogP contribution in [0.15, 0.2) is 90.6 Å². The Morgan fingerprint density at radius 1 is 0.950 bits per heavy atom. The molecule has 2 unspecified atom stereocenters. The van der Waals surface area contributed by atoms with Crippen LogP contribution in [-0.2, 0) is 6.42 Å². The highest BCUT2D eigenvalue weighted by molar-refractivity contribution is 5.44. The van der Waals surface area contributed by atoms with Gasteiger partial charge in [-0.3, -0.25) is 0 Å². The SMILES string of the molecule is C=C(CCc1ccccc1)C1=CC2C=CC=CC2C=C1. The number of fused-ring (bicyclic) bond motifs is 1. The number of hydrogen-bond donors (Lipinski definition) is 0. The second-order valence-corrected chi connectivity index (χ2v) is 5.49. The Labute approximate surface area is 121 Å². The molecule has 0 amide bonds. The molecule has 0 aromatic heterocycles. The van der Waals surface area contributed by atoms with Crippen LogP contribution >= 0.6 is 0 Å². The molecule has 2 atom stereocenters. The Hall–Kier alpha value is -2.08. The predicted molar refractivity (Wildman–Crippen MR) is 86.4 cm³/mol. The minimum atomic E-state index is 0.508. The van der Waals surface area contributed by atoms with Crippen LogP contribution in [0, 0.1) is 11.8 Å². The highest BCUT2D eigenvalue weighted by atomic mass is 14.2. The number of rotatable bonds is 4. The predicted octanol–water partition coefficient (Wildman–Crippen LogP) is 5.03. The van der Waals surface area contributed by atoms with Crippen molar-refractivity contribution in [3.05, 3.63) is 96.2 Å². The Balaban J connectivity index is 1.63. The summed E-state index contributed by atoms with van der Waals surface area (Å²) < 4.78 is 0. The van der Waals surface area contributed by atoms with E-state index < -0.39 is 0 Å². The highest BCUT2D eigenvalue weighted by Gasteiger charge is 2.18. The molecule has 3 rings (SSSR count). The van der Waals surface area contributed by atoms with Crippen molar-refractivity contribution in [3.8, 4) is 0 Å². The summed E-state index contributed by atoms with van der Waals surface area (Å²) in [6, 6.07) is 10.6. The molecule has 0 heterocycles. The van der Waals surface area contributed by atoms with Gasteiger partial charge in [-0.25, -0.2) is 0 Å². The number of aryl methyl sites for hydroxylation is 1. The highest BCUT2D eigenvalue weighted by Crippen LogP contribution is 2.31.